The Morgan fingerprint density at radius 1 is 1.31 bits per heavy atom. The van der Waals surface area contributed by atoms with Gasteiger partial charge in [0.2, 0.25) is 0 Å². The average molecular weight is 488 g/mol. The summed E-state index contributed by atoms with van der Waals surface area (Å²) in [6.07, 6.45) is 6.16. The number of hydrogen-bond acceptors (Lipinski definition) is 6. The largest absolute Gasteiger partial charge is 0.468 e. The quantitative estimate of drug-likeness (QED) is 0.694. The first-order valence-electron chi connectivity index (χ1n) is 12.5. The molecule has 35 heavy (non-hydrogen) atoms. The number of furan rings is 1. The summed E-state index contributed by atoms with van der Waals surface area (Å²) in [7, 11) is 0. The summed E-state index contributed by atoms with van der Waals surface area (Å²) in [5.74, 6) is -1.28. The highest BCUT2D eigenvalue weighted by Crippen LogP contribution is 2.72. The smallest absolute Gasteiger partial charge is 0.198 e. The second-order valence-corrected chi connectivity index (χ2v) is 11.5. The maximum Gasteiger partial charge on any atom is 0.198 e. The van der Waals surface area contributed by atoms with Crippen LogP contribution in [0.4, 0.5) is 8.78 Å². The lowest BCUT2D eigenvalue weighted by molar-refractivity contribution is -0.268. The van der Waals surface area contributed by atoms with Gasteiger partial charge in [-0.2, -0.15) is 5.06 Å². The highest BCUT2D eigenvalue weighted by Gasteiger charge is 2.78. The molecule has 0 unspecified atom stereocenters. The zero-order valence-corrected chi connectivity index (χ0v) is 20.0. The monoisotopic (exact) mass is 487 g/mol. The van der Waals surface area contributed by atoms with Gasteiger partial charge in [0, 0.05) is 29.2 Å². The van der Waals surface area contributed by atoms with Gasteiger partial charge in [0.25, 0.3) is 0 Å². The molecule has 2 heterocycles. The van der Waals surface area contributed by atoms with E-state index in [-0.39, 0.29) is 24.0 Å². The first kappa shape index (κ1) is 23.3. The van der Waals surface area contributed by atoms with Gasteiger partial charge in [-0.05, 0) is 62.8 Å². The fourth-order valence-corrected chi connectivity index (χ4v) is 8.60. The number of fused-ring (bicyclic) bond motifs is 7. The van der Waals surface area contributed by atoms with Crippen LogP contribution >= 0.6 is 0 Å². The van der Waals surface area contributed by atoms with E-state index < -0.39 is 46.6 Å². The zero-order chi connectivity index (χ0) is 24.8. The summed E-state index contributed by atoms with van der Waals surface area (Å²) < 4.78 is 36.8. The van der Waals surface area contributed by atoms with Crippen molar-refractivity contribution >= 4 is 11.6 Å². The zero-order valence-electron chi connectivity index (χ0n) is 20.0. The van der Waals surface area contributed by atoms with E-state index in [1.54, 1.807) is 30.4 Å². The van der Waals surface area contributed by atoms with Crippen LogP contribution in [0.5, 0.6) is 0 Å². The van der Waals surface area contributed by atoms with Crippen molar-refractivity contribution in [3.05, 3.63) is 48.0 Å². The molecule has 1 aromatic rings. The molecule has 6 nitrogen and oxygen atoms in total. The van der Waals surface area contributed by atoms with Crippen molar-refractivity contribution in [1.82, 2.24) is 5.06 Å². The van der Waals surface area contributed by atoms with Crippen LogP contribution < -0.4 is 0 Å². The lowest BCUT2D eigenvalue weighted by Gasteiger charge is -2.62. The summed E-state index contributed by atoms with van der Waals surface area (Å²) in [6.45, 7) is 3.18. The Bertz CT molecular complexity index is 1130. The van der Waals surface area contributed by atoms with E-state index in [1.807, 2.05) is 13.0 Å². The molecule has 0 spiro atoms. The van der Waals surface area contributed by atoms with Crippen LogP contribution in [0.25, 0.3) is 0 Å². The molecule has 6 rings (SSSR count). The molecular weight excluding hydrogens is 456 g/mol. The van der Waals surface area contributed by atoms with Crippen molar-refractivity contribution in [2.75, 3.05) is 13.2 Å². The molecule has 1 aromatic heterocycles. The van der Waals surface area contributed by atoms with E-state index in [2.05, 4.69) is 0 Å². The number of Topliss-reactive ketones (excluding diaryl/α,β-unsaturated/α-hetero) is 1. The first-order valence-corrected chi connectivity index (χ1v) is 12.5. The third kappa shape index (κ3) is 2.73. The van der Waals surface area contributed by atoms with Crippen LogP contribution in [0.2, 0.25) is 0 Å². The Morgan fingerprint density at radius 2 is 2.11 bits per heavy atom. The van der Waals surface area contributed by atoms with Crippen molar-refractivity contribution in [2.45, 2.75) is 63.4 Å². The molecule has 188 valence electrons. The molecule has 0 radical (unpaired) electrons. The molecule has 0 bridgehead atoms. The molecule has 8 heteroatoms. The average Bonchev–Trinajstić information content (AvgIpc) is 3.51. The van der Waals surface area contributed by atoms with Gasteiger partial charge in [0.15, 0.2) is 29.5 Å². The van der Waals surface area contributed by atoms with Crippen molar-refractivity contribution in [3.8, 4) is 0 Å². The van der Waals surface area contributed by atoms with Crippen LogP contribution in [-0.2, 0) is 21.0 Å². The molecule has 4 aliphatic carbocycles. The lowest BCUT2D eigenvalue weighted by Crippen LogP contribution is -2.69. The third-order valence-electron chi connectivity index (χ3n) is 10.1. The number of alkyl halides is 2. The molecule has 8 atom stereocenters. The summed E-state index contributed by atoms with van der Waals surface area (Å²) in [4.78, 5) is 31.7. The number of carbonyl (C=O) groups excluding carboxylic acids is 2. The predicted octanol–water partition coefficient (Wildman–Crippen LogP) is 3.90. The number of rotatable bonds is 4. The second-order valence-electron chi connectivity index (χ2n) is 11.5. The van der Waals surface area contributed by atoms with Gasteiger partial charge in [0.05, 0.1) is 18.9 Å². The van der Waals surface area contributed by atoms with Crippen LogP contribution in [0, 0.1) is 28.6 Å². The summed E-state index contributed by atoms with van der Waals surface area (Å²) in [6, 6.07) is 3.58. The van der Waals surface area contributed by atoms with Gasteiger partial charge in [-0.3, -0.25) is 14.4 Å². The minimum atomic E-state index is -2.00. The number of hydroxylamine groups is 2. The molecule has 0 aromatic carbocycles. The summed E-state index contributed by atoms with van der Waals surface area (Å²) >= 11 is 0. The normalized spacial score (nSPS) is 46.5. The fraction of sp³-hybridized carbons (Fsp3) is 0.630. The minimum absolute atomic E-state index is 0.0217. The van der Waals surface area contributed by atoms with Crippen LogP contribution in [0.1, 0.15) is 45.3 Å². The number of aliphatic hydroxyl groups is 1. The Hall–Kier alpha value is -2.16. The van der Waals surface area contributed by atoms with E-state index in [0.29, 0.717) is 43.7 Å². The predicted molar refractivity (Wildman–Crippen MR) is 121 cm³/mol. The summed E-state index contributed by atoms with van der Waals surface area (Å²) in [5, 5.41) is 13.2. The number of carbonyl (C=O) groups is 2. The Kier molecular flexibility index (Phi) is 4.94. The van der Waals surface area contributed by atoms with Crippen molar-refractivity contribution < 1.29 is 32.7 Å². The molecule has 1 N–H and O–H groups in total. The number of ketones is 2. The van der Waals surface area contributed by atoms with Crippen LogP contribution in [0.15, 0.2) is 46.6 Å². The van der Waals surface area contributed by atoms with E-state index in [9.17, 15) is 19.1 Å². The Labute approximate surface area is 202 Å². The Morgan fingerprint density at radius 3 is 2.83 bits per heavy atom. The second kappa shape index (κ2) is 7.43. The van der Waals surface area contributed by atoms with Crippen molar-refractivity contribution in [1.29, 1.82) is 0 Å². The first-order chi connectivity index (χ1) is 16.6. The molecule has 1 aliphatic heterocycles. The molecule has 4 fully saturated rings. The molecule has 0 amide bonds. The number of nitrogens with zero attached hydrogens (tertiary/aromatic N) is 1. The highest BCUT2D eigenvalue weighted by atomic mass is 19.1. The van der Waals surface area contributed by atoms with E-state index >= 15 is 4.39 Å². The van der Waals surface area contributed by atoms with Gasteiger partial charge < -0.3 is 9.52 Å². The Balaban J connectivity index is 1.40. The SMILES string of the molecule is C[C@]12C=CC(=O)C=C1CC[C@H]1[C@@H]3C[C@H]4CN(Cc5ccco5)O[C@@]4(C(=O)CF)[C@@]3(C)C[C@H](O)[C@@]12F. The number of hydrogen-bond donors (Lipinski definition) is 1. The number of allylic oxidation sites excluding steroid dienone is 4. The van der Waals surface area contributed by atoms with Crippen molar-refractivity contribution in [2.24, 2.45) is 28.6 Å². The fourth-order valence-electron chi connectivity index (χ4n) is 8.60. The standard InChI is InChI=1S/C27H31F2NO5/c1-24-8-7-18(31)10-16(24)5-6-20-21-11-17-14-30(15-19-4-3-9-34-19)35-27(17,23(33)13-28)25(21,2)12-22(32)26(20,24)29/h3-4,7-10,17,20-22,32H,5-6,11-15H2,1-2H3/t17-,20-,21-,22-,24-,25-,26-,27-/m0/s1. The molecule has 5 aliphatic rings. The van der Waals surface area contributed by atoms with E-state index in [4.69, 9.17) is 9.25 Å². The molecule has 3 saturated carbocycles. The van der Waals surface area contributed by atoms with Gasteiger partial charge in [-0.25, -0.2) is 8.78 Å². The maximum atomic E-state index is 17.3. The van der Waals surface area contributed by atoms with Gasteiger partial charge in [-0.1, -0.05) is 18.6 Å². The van der Waals surface area contributed by atoms with Gasteiger partial charge >= 0.3 is 0 Å². The molecule has 1 saturated heterocycles. The lowest BCUT2D eigenvalue weighted by atomic mass is 9.44. The molecular formula is C27H31F2NO5. The van der Waals surface area contributed by atoms with E-state index in [1.165, 1.54) is 12.2 Å². The van der Waals surface area contributed by atoms with Gasteiger partial charge in [-0.15, -0.1) is 0 Å². The third-order valence-corrected chi connectivity index (χ3v) is 10.1. The number of aliphatic hydroxyl groups excluding tert-OH is 1. The summed E-state index contributed by atoms with van der Waals surface area (Å²) in [5.41, 5.74) is -4.79. The van der Waals surface area contributed by atoms with Crippen LogP contribution in [0.3, 0.4) is 0 Å². The van der Waals surface area contributed by atoms with Crippen molar-refractivity contribution in [3.63, 3.8) is 0 Å². The minimum Gasteiger partial charge on any atom is -0.468 e. The highest BCUT2D eigenvalue weighted by molar-refractivity contribution is 6.01. The van der Waals surface area contributed by atoms with E-state index in [0.717, 1.165) is 0 Å². The van der Waals surface area contributed by atoms with Gasteiger partial charge in [0.1, 0.15) is 5.76 Å². The number of halogens is 2. The maximum absolute atomic E-state index is 17.3. The topological polar surface area (TPSA) is 80.0 Å². The van der Waals surface area contributed by atoms with Crippen LogP contribution in [-0.4, -0.2) is 52.3 Å².